The van der Waals surface area contributed by atoms with Crippen molar-refractivity contribution in [2.75, 3.05) is 14.2 Å². The lowest BCUT2D eigenvalue weighted by atomic mass is 10.1. The molecule has 0 bridgehead atoms. The van der Waals surface area contributed by atoms with Crippen molar-refractivity contribution in [3.8, 4) is 0 Å². The van der Waals surface area contributed by atoms with E-state index in [1.165, 1.54) is 32.5 Å². The van der Waals surface area contributed by atoms with Gasteiger partial charge in [-0.3, -0.25) is 23.6 Å². The first-order chi connectivity index (χ1) is 15.0. The number of carbonyl (C=O) groups excluding carboxylic acids is 1. The Morgan fingerprint density at radius 1 is 1.25 bits per heavy atom. The summed E-state index contributed by atoms with van der Waals surface area (Å²) in [6, 6.07) is 0. The number of amides is 1. The van der Waals surface area contributed by atoms with Crippen molar-refractivity contribution in [1.82, 2.24) is 23.7 Å². The molecule has 0 aliphatic heterocycles. The lowest BCUT2D eigenvalue weighted by molar-refractivity contribution is -0.0756. The third kappa shape index (κ3) is 4.24. The number of hydrogen-bond donors (Lipinski definition) is 0. The Bertz CT molecular complexity index is 1300. The zero-order valence-corrected chi connectivity index (χ0v) is 21.1. The van der Waals surface area contributed by atoms with Gasteiger partial charge in [0.05, 0.1) is 18.1 Å². The fourth-order valence-corrected chi connectivity index (χ4v) is 5.27. The summed E-state index contributed by atoms with van der Waals surface area (Å²) in [4.78, 5) is 49.5. The molecule has 3 rings (SSSR count). The van der Waals surface area contributed by atoms with Gasteiger partial charge in [-0.2, -0.15) is 0 Å². The Kier molecular flexibility index (Phi) is 7.18. The molecule has 9 nitrogen and oxygen atoms in total. The first-order valence-corrected chi connectivity index (χ1v) is 11.5. The normalized spacial score (nSPS) is 11.7. The van der Waals surface area contributed by atoms with Crippen molar-refractivity contribution >= 4 is 50.7 Å². The van der Waals surface area contributed by atoms with Gasteiger partial charge in [-0.1, -0.05) is 37.0 Å². The van der Waals surface area contributed by atoms with Crippen LogP contribution in [0.3, 0.4) is 0 Å². The molecule has 0 saturated carbocycles. The molecule has 0 atom stereocenters. The molecule has 12 heteroatoms. The highest BCUT2D eigenvalue weighted by atomic mass is 35.5. The Hall–Kier alpha value is -2.14. The smallest absolute Gasteiger partial charge is 0.318 e. The van der Waals surface area contributed by atoms with Gasteiger partial charge in [-0.15, -0.1) is 11.3 Å². The van der Waals surface area contributed by atoms with Crippen molar-refractivity contribution < 1.29 is 9.63 Å². The Balaban J connectivity index is 2.26. The number of hydroxylamine groups is 2. The molecule has 32 heavy (non-hydrogen) atoms. The molecular formula is C20H25Cl2N5O4S. The molecule has 0 N–H and O–H groups in total. The maximum absolute atomic E-state index is 13.2. The largest absolute Gasteiger partial charge is 0.331 e. The van der Waals surface area contributed by atoms with Crippen LogP contribution >= 0.6 is 34.5 Å². The number of aromatic nitrogens is 4. The predicted molar refractivity (Wildman–Crippen MR) is 126 cm³/mol. The summed E-state index contributed by atoms with van der Waals surface area (Å²) in [7, 11) is 4.26. The van der Waals surface area contributed by atoms with Crippen molar-refractivity contribution in [2.45, 2.75) is 40.3 Å². The van der Waals surface area contributed by atoms with Crippen LogP contribution < -0.4 is 11.2 Å². The summed E-state index contributed by atoms with van der Waals surface area (Å²) in [5, 5.41) is 1.79. The van der Waals surface area contributed by atoms with E-state index in [-0.39, 0.29) is 22.0 Å². The number of thiophene rings is 1. The number of fused-ring (bicyclic) bond motifs is 1. The zero-order chi connectivity index (χ0) is 23.9. The molecular weight excluding hydrogens is 477 g/mol. The van der Waals surface area contributed by atoms with Gasteiger partial charge in [0.25, 0.3) is 11.5 Å². The number of hydrogen-bond acceptors (Lipinski definition) is 6. The second-order valence-electron chi connectivity index (χ2n) is 7.86. The SMILES string of the molecule is CON(C)C(=O)c1c(CCn2c(C)nc(Cl)c2Cl)sc2c1c(=O)n(C)c(=O)n2CC(C)C. The van der Waals surface area contributed by atoms with Crippen LogP contribution in [0.4, 0.5) is 0 Å². The maximum Gasteiger partial charge on any atom is 0.331 e. The first kappa shape index (κ1) is 24.5. The average Bonchev–Trinajstić information content (AvgIpc) is 3.23. The third-order valence-electron chi connectivity index (χ3n) is 5.19. The summed E-state index contributed by atoms with van der Waals surface area (Å²) in [6.45, 7) is 6.55. The topological polar surface area (TPSA) is 91.4 Å². The zero-order valence-electron chi connectivity index (χ0n) is 18.7. The van der Waals surface area contributed by atoms with E-state index in [9.17, 15) is 14.4 Å². The molecule has 3 aromatic heterocycles. The number of imidazole rings is 1. The Morgan fingerprint density at radius 2 is 1.91 bits per heavy atom. The molecule has 1 amide bonds. The second kappa shape index (κ2) is 9.38. The molecule has 3 aromatic rings. The van der Waals surface area contributed by atoms with Crippen LogP contribution in [0.1, 0.15) is 34.9 Å². The third-order valence-corrected chi connectivity index (χ3v) is 7.20. The summed E-state index contributed by atoms with van der Waals surface area (Å²) < 4.78 is 4.34. The number of rotatable bonds is 7. The standard InChI is InChI=1S/C20H25Cl2N5O4S/c1-10(2)9-27-19-14(17(28)24(4)20(27)30)13(18(29)25(5)31-6)12(32-19)7-8-26-11(3)23-15(21)16(26)22/h10H,7-9H2,1-6H3. The highest BCUT2D eigenvalue weighted by molar-refractivity contribution is 7.19. The van der Waals surface area contributed by atoms with Gasteiger partial charge in [0.2, 0.25) is 0 Å². The fraction of sp³-hybridized carbons (Fsp3) is 0.500. The van der Waals surface area contributed by atoms with Crippen LogP contribution in [-0.2, 0) is 31.4 Å². The molecule has 0 fully saturated rings. The van der Waals surface area contributed by atoms with E-state index in [4.69, 9.17) is 28.0 Å². The summed E-state index contributed by atoms with van der Waals surface area (Å²) >= 11 is 13.5. The minimum absolute atomic E-state index is 0.161. The number of nitrogens with zero attached hydrogens (tertiary/aromatic N) is 5. The summed E-state index contributed by atoms with van der Waals surface area (Å²) in [5.74, 6) is 0.331. The van der Waals surface area contributed by atoms with Crippen molar-refractivity contribution in [3.05, 3.63) is 47.4 Å². The van der Waals surface area contributed by atoms with E-state index in [2.05, 4.69) is 4.98 Å². The van der Waals surface area contributed by atoms with Gasteiger partial charge in [0, 0.05) is 38.5 Å². The van der Waals surface area contributed by atoms with E-state index >= 15 is 0 Å². The van der Waals surface area contributed by atoms with Gasteiger partial charge in [-0.05, 0) is 12.8 Å². The average molecular weight is 502 g/mol. The van der Waals surface area contributed by atoms with Crippen molar-refractivity contribution in [3.63, 3.8) is 0 Å². The van der Waals surface area contributed by atoms with E-state index in [0.29, 0.717) is 40.2 Å². The van der Waals surface area contributed by atoms with Crippen LogP contribution in [0.25, 0.3) is 10.2 Å². The molecule has 0 unspecified atom stereocenters. The Labute approximate surface area is 198 Å². The number of halogens is 2. The fourth-order valence-electron chi connectivity index (χ4n) is 3.52. The number of aryl methyl sites for hydroxylation is 2. The van der Waals surface area contributed by atoms with E-state index in [1.54, 1.807) is 16.1 Å². The van der Waals surface area contributed by atoms with Crippen LogP contribution in [-0.4, -0.2) is 43.8 Å². The van der Waals surface area contributed by atoms with E-state index in [1.807, 2.05) is 13.8 Å². The summed E-state index contributed by atoms with van der Waals surface area (Å²) in [6.07, 6.45) is 0.379. The molecule has 3 heterocycles. The molecule has 174 valence electrons. The molecule has 0 radical (unpaired) electrons. The lowest BCUT2D eigenvalue weighted by Crippen LogP contribution is -2.39. The molecule has 0 aromatic carbocycles. The summed E-state index contributed by atoms with van der Waals surface area (Å²) in [5.41, 5.74) is -0.698. The van der Waals surface area contributed by atoms with Gasteiger partial charge >= 0.3 is 5.69 Å². The Morgan fingerprint density at radius 3 is 2.44 bits per heavy atom. The van der Waals surface area contributed by atoms with E-state index < -0.39 is 17.2 Å². The lowest BCUT2D eigenvalue weighted by Gasteiger charge is -2.15. The minimum Gasteiger partial charge on any atom is -0.318 e. The maximum atomic E-state index is 13.2. The highest BCUT2D eigenvalue weighted by Gasteiger charge is 2.28. The second-order valence-corrected chi connectivity index (χ2v) is 9.66. The monoisotopic (exact) mass is 501 g/mol. The van der Waals surface area contributed by atoms with Gasteiger partial charge in [0.1, 0.15) is 15.8 Å². The molecule has 0 aliphatic carbocycles. The van der Waals surface area contributed by atoms with Crippen molar-refractivity contribution in [2.24, 2.45) is 13.0 Å². The van der Waals surface area contributed by atoms with Gasteiger partial charge < -0.3 is 4.57 Å². The molecule has 0 saturated heterocycles. The molecule has 0 aliphatic rings. The van der Waals surface area contributed by atoms with Crippen LogP contribution in [0.15, 0.2) is 9.59 Å². The molecule has 0 spiro atoms. The first-order valence-electron chi connectivity index (χ1n) is 9.95. The predicted octanol–water partition coefficient (Wildman–Crippen LogP) is 3.11. The highest BCUT2D eigenvalue weighted by Crippen LogP contribution is 2.32. The van der Waals surface area contributed by atoms with Gasteiger partial charge in [0.15, 0.2) is 5.15 Å². The quantitative estimate of drug-likeness (QED) is 0.463. The number of carbonyl (C=O) groups is 1. The van der Waals surface area contributed by atoms with E-state index in [0.717, 1.165) is 9.63 Å². The van der Waals surface area contributed by atoms with Crippen LogP contribution in [0.5, 0.6) is 0 Å². The van der Waals surface area contributed by atoms with Gasteiger partial charge in [-0.25, -0.2) is 14.8 Å². The van der Waals surface area contributed by atoms with Crippen molar-refractivity contribution in [1.29, 1.82) is 0 Å². The minimum atomic E-state index is -0.514. The van der Waals surface area contributed by atoms with Crippen LogP contribution in [0, 0.1) is 12.8 Å². The van der Waals surface area contributed by atoms with Crippen LogP contribution in [0.2, 0.25) is 10.3 Å².